The number of fused-ring (bicyclic) bond motifs is 1. The smallest absolute Gasteiger partial charge is 0.231 e. The topological polar surface area (TPSA) is 51.6 Å². The Morgan fingerprint density at radius 1 is 1.29 bits per heavy atom. The molecule has 1 aromatic carbocycles. The zero-order valence-corrected chi connectivity index (χ0v) is 9.87. The Kier molecular flexibility index (Phi) is 2.70. The number of aromatic nitrogens is 1. The Morgan fingerprint density at radius 3 is 3.06 bits per heavy atom. The zero-order valence-electron chi connectivity index (χ0n) is 9.05. The second kappa shape index (κ2) is 4.35. The molecular weight excluding hydrogens is 238 g/mol. The predicted molar refractivity (Wildman–Crippen MR) is 64.5 cm³/mol. The molecule has 0 unspecified atom stereocenters. The summed E-state index contributed by atoms with van der Waals surface area (Å²) in [5, 5.41) is 9.81. The second-order valence-electron chi connectivity index (χ2n) is 3.67. The second-order valence-corrected chi connectivity index (χ2v) is 4.79. The average molecular weight is 249 g/mol. The van der Waals surface area contributed by atoms with Crippen molar-refractivity contribution in [2.45, 2.75) is 6.42 Å². The molecule has 0 amide bonds. The predicted octanol–water partition coefficient (Wildman–Crippen LogP) is 2.07. The lowest BCUT2D eigenvalue weighted by Crippen LogP contribution is -1.92. The van der Waals surface area contributed by atoms with Crippen molar-refractivity contribution in [3.05, 3.63) is 29.3 Å². The maximum Gasteiger partial charge on any atom is 0.231 e. The Balaban J connectivity index is 1.92. The van der Waals surface area contributed by atoms with Gasteiger partial charge in [0.1, 0.15) is 5.01 Å². The molecule has 5 heteroatoms. The van der Waals surface area contributed by atoms with Gasteiger partial charge in [0.15, 0.2) is 11.5 Å². The monoisotopic (exact) mass is 249 g/mol. The van der Waals surface area contributed by atoms with Gasteiger partial charge in [-0.2, -0.15) is 0 Å². The van der Waals surface area contributed by atoms with E-state index in [4.69, 9.17) is 14.6 Å². The number of benzene rings is 1. The van der Waals surface area contributed by atoms with E-state index in [-0.39, 0.29) is 13.4 Å². The van der Waals surface area contributed by atoms with Gasteiger partial charge in [0, 0.05) is 29.7 Å². The molecule has 0 bridgehead atoms. The summed E-state index contributed by atoms with van der Waals surface area (Å²) in [7, 11) is 0. The van der Waals surface area contributed by atoms with Gasteiger partial charge in [0.25, 0.3) is 0 Å². The third-order valence-electron chi connectivity index (χ3n) is 2.53. The molecule has 0 saturated heterocycles. The van der Waals surface area contributed by atoms with Gasteiger partial charge in [-0.15, -0.1) is 11.3 Å². The third kappa shape index (κ3) is 1.99. The van der Waals surface area contributed by atoms with Gasteiger partial charge in [-0.3, -0.25) is 0 Å². The van der Waals surface area contributed by atoms with Crippen molar-refractivity contribution in [3.8, 4) is 22.1 Å². The lowest BCUT2D eigenvalue weighted by Gasteiger charge is -1.98. The highest BCUT2D eigenvalue weighted by atomic mass is 32.1. The van der Waals surface area contributed by atoms with E-state index in [0.717, 1.165) is 26.9 Å². The van der Waals surface area contributed by atoms with Crippen LogP contribution >= 0.6 is 11.3 Å². The molecule has 1 aliphatic heterocycles. The van der Waals surface area contributed by atoms with Gasteiger partial charge in [-0.05, 0) is 18.2 Å². The van der Waals surface area contributed by atoms with Crippen molar-refractivity contribution in [1.29, 1.82) is 0 Å². The minimum Gasteiger partial charge on any atom is -0.454 e. The fraction of sp³-hybridized carbons (Fsp3) is 0.250. The summed E-state index contributed by atoms with van der Waals surface area (Å²) in [4.78, 5) is 5.43. The quantitative estimate of drug-likeness (QED) is 0.904. The van der Waals surface area contributed by atoms with Gasteiger partial charge in [-0.25, -0.2) is 4.98 Å². The Morgan fingerprint density at radius 2 is 2.18 bits per heavy atom. The van der Waals surface area contributed by atoms with Crippen LogP contribution in [0.3, 0.4) is 0 Å². The highest BCUT2D eigenvalue weighted by Crippen LogP contribution is 2.36. The summed E-state index contributed by atoms with van der Waals surface area (Å²) in [6.07, 6.45) is 2.46. The van der Waals surface area contributed by atoms with Crippen LogP contribution in [-0.4, -0.2) is 23.5 Å². The first kappa shape index (κ1) is 10.6. The van der Waals surface area contributed by atoms with E-state index in [2.05, 4.69) is 4.98 Å². The third-order valence-corrected chi connectivity index (χ3v) is 3.64. The first-order valence-corrected chi connectivity index (χ1v) is 6.14. The van der Waals surface area contributed by atoms with Gasteiger partial charge in [0.2, 0.25) is 6.79 Å². The van der Waals surface area contributed by atoms with Crippen LogP contribution < -0.4 is 9.47 Å². The molecule has 0 aliphatic carbocycles. The van der Waals surface area contributed by atoms with Crippen LogP contribution in [0.25, 0.3) is 10.6 Å². The van der Waals surface area contributed by atoms with Crippen molar-refractivity contribution in [1.82, 2.24) is 4.98 Å². The number of hydrogen-bond acceptors (Lipinski definition) is 5. The minimum atomic E-state index is 0.156. The average Bonchev–Trinajstić information content (AvgIpc) is 2.96. The SMILES string of the molecule is OCCc1cnc(-c2ccc3c(c2)OCO3)s1. The summed E-state index contributed by atoms with van der Waals surface area (Å²) in [6, 6.07) is 5.80. The summed E-state index contributed by atoms with van der Waals surface area (Å²) in [6.45, 7) is 0.440. The summed E-state index contributed by atoms with van der Waals surface area (Å²) in [5.74, 6) is 1.54. The summed E-state index contributed by atoms with van der Waals surface area (Å²) < 4.78 is 10.6. The molecule has 4 nitrogen and oxygen atoms in total. The molecule has 1 N–H and O–H groups in total. The number of aliphatic hydroxyl groups excluding tert-OH is 1. The van der Waals surface area contributed by atoms with Gasteiger partial charge >= 0.3 is 0 Å². The van der Waals surface area contributed by atoms with Gasteiger partial charge < -0.3 is 14.6 Å². The molecule has 0 saturated carbocycles. The van der Waals surface area contributed by atoms with E-state index < -0.39 is 0 Å². The van der Waals surface area contributed by atoms with Crippen molar-refractivity contribution < 1.29 is 14.6 Å². The van der Waals surface area contributed by atoms with E-state index in [1.54, 1.807) is 17.5 Å². The normalized spacial score (nSPS) is 13.0. The van der Waals surface area contributed by atoms with E-state index >= 15 is 0 Å². The Labute approximate surface area is 102 Å². The van der Waals surface area contributed by atoms with Crippen LogP contribution in [0.5, 0.6) is 11.5 Å². The van der Waals surface area contributed by atoms with Crippen LogP contribution in [0.15, 0.2) is 24.4 Å². The summed E-state index contributed by atoms with van der Waals surface area (Å²) >= 11 is 1.59. The molecule has 3 rings (SSSR count). The molecule has 1 aromatic heterocycles. The fourth-order valence-electron chi connectivity index (χ4n) is 1.70. The number of nitrogens with zero attached hydrogens (tertiary/aromatic N) is 1. The van der Waals surface area contributed by atoms with Crippen LogP contribution in [0, 0.1) is 0 Å². The number of ether oxygens (including phenoxy) is 2. The van der Waals surface area contributed by atoms with E-state index in [1.807, 2.05) is 18.2 Å². The first-order chi connectivity index (χ1) is 8.36. The van der Waals surface area contributed by atoms with Gasteiger partial charge in [-0.1, -0.05) is 0 Å². The molecular formula is C12H11NO3S. The van der Waals surface area contributed by atoms with E-state index in [9.17, 15) is 0 Å². The van der Waals surface area contributed by atoms with Crippen molar-refractivity contribution in [2.24, 2.45) is 0 Å². The molecule has 17 heavy (non-hydrogen) atoms. The molecule has 0 radical (unpaired) electrons. The molecule has 2 aromatic rings. The number of aliphatic hydroxyl groups is 1. The fourth-order valence-corrected chi connectivity index (χ4v) is 2.59. The molecule has 1 aliphatic rings. The number of thiazole rings is 1. The van der Waals surface area contributed by atoms with Crippen molar-refractivity contribution in [2.75, 3.05) is 13.4 Å². The molecule has 0 fully saturated rings. The van der Waals surface area contributed by atoms with Crippen molar-refractivity contribution >= 4 is 11.3 Å². The Hall–Kier alpha value is -1.59. The maximum absolute atomic E-state index is 8.87. The molecule has 88 valence electrons. The first-order valence-electron chi connectivity index (χ1n) is 5.32. The standard InChI is InChI=1S/C12H11NO3S/c14-4-3-9-6-13-12(17-9)8-1-2-10-11(5-8)16-7-15-10/h1-2,5-6,14H,3-4,7H2. The molecule has 0 spiro atoms. The maximum atomic E-state index is 8.87. The van der Waals surface area contributed by atoms with Crippen molar-refractivity contribution in [3.63, 3.8) is 0 Å². The van der Waals surface area contributed by atoms with Crippen LogP contribution in [-0.2, 0) is 6.42 Å². The lowest BCUT2D eigenvalue weighted by molar-refractivity contribution is 0.174. The summed E-state index contributed by atoms with van der Waals surface area (Å²) in [5.41, 5.74) is 1.02. The molecule has 2 heterocycles. The van der Waals surface area contributed by atoms with Crippen LogP contribution in [0.4, 0.5) is 0 Å². The lowest BCUT2D eigenvalue weighted by atomic mass is 10.2. The minimum absolute atomic E-state index is 0.156. The molecule has 0 atom stereocenters. The zero-order chi connectivity index (χ0) is 11.7. The number of rotatable bonds is 3. The largest absolute Gasteiger partial charge is 0.454 e. The number of hydrogen-bond donors (Lipinski definition) is 1. The highest BCUT2D eigenvalue weighted by Gasteiger charge is 2.15. The van der Waals surface area contributed by atoms with Gasteiger partial charge in [0.05, 0.1) is 0 Å². The van der Waals surface area contributed by atoms with E-state index in [0.29, 0.717) is 6.42 Å². The van der Waals surface area contributed by atoms with Crippen LogP contribution in [0.1, 0.15) is 4.88 Å². The Bertz CT molecular complexity index is 538. The van der Waals surface area contributed by atoms with E-state index in [1.165, 1.54) is 0 Å². The highest BCUT2D eigenvalue weighted by molar-refractivity contribution is 7.15. The van der Waals surface area contributed by atoms with Crippen LogP contribution in [0.2, 0.25) is 0 Å².